The first-order chi connectivity index (χ1) is 13.4. The Hall–Kier alpha value is -2.59. The van der Waals surface area contributed by atoms with E-state index >= 15 is 0 Å². The Bertz CT molecular complexity index is 840. The fraction of sp³-hybridized carbons (Fsp3) is 0.375. The van der Waals surface area contributed by atoms with Crippen molar-refractivity contribution in [1.82, 2.24) is 9.80 Å². The van der Waals surface area contributed by atoms with E-state index in [1.54, 1.807) is 0 Å². The predicted molar refractivity (Wildman–Crippen MR) is 113 cm³/mol. The predicted octanol–water partition coefficient (Wildman–Crippen LogP) is 4.81. The molecule has 0 N–H and O–H groups in total. The lowest BCUT2D eigenvalue weighted by molar-refractivity contribution is 0.0119. The van der Waals surface area contributed by atoms with E-state index < -0.39 is 5.60 Å². The molecule has 1 fully saturated rings. The van der Waals surface area contributed by atoms with Crippen LogP contribution in [0.25, 0.3) is 12.2 Å². The number of rotatable bonds is 1. The van der Waals surface area contributed by atoms with Crippen LogP contribution in [0.2, 0.25) is 0 Å². The van der Waals surface area contributed by atoms with Crippen LogP contribution in [0, 0.1) is 0 Å². The van der Waals surface area contributed by atoms with Crippen LogP contribution in [-0.4, -0.2) is 47.7 Å². The summed E-state index contributed by atoms with van der Waals surface area (Å²) in [5.41, 5.74) is 4.72. The number of hydrogen-bond acceptors (Lipinski definition) is 3. The number of piperazine rings is 1. The molecule has 146 valence electrons. The Morgan fingerprint density at radius 1 is 0.857 bits per heavy atom. The van der Waals surface area contributed by atoms with E-state index in [2.05, 4.69) is 65.6 Å². The van der Waals surface area contributed by atoms with Crippen molar-refractivity contribution in [2.45, 2.75) is 32.4 Å². The van der Waals surface area contributed by atoms with Crippen LogP contribution in [-0.2, 0) is 4.74 Å². The van der Waals surface area contributed by atoms with E-state index in [1.165, 1.54) is 22.3 Å². The van der Waals surface area contributed by atoms with Gasteiger partial charge in [0.2, 0.25) is 0 Å². The average Bonchev–Trinajstić information content (AvgIpc) is 2.84. The van der Waals surface area contributed by atoms with E-state index in [0.717, 1.165) is 13.1 Å². The second kappa shape index (κ2) is 7.44. The number of fused-ring (bicyclic) bond motifs is 2. The van der Waals surface area contributed by atoms with E-state index in [9.17, 15) is 4.79 Å². The second-order valence-corrected chi connectivity index (χ2v) is 8.50. The average molecular weight is 377 g/mol. The third-order valence-corrected chi connectivity index (χ3v) is 5.35. The van der Waals surface area contributed by atoms with E-state index in [0.29, 0.717) is 13.1 Å². The molecule has 1 heterocycles. The monoisotopic (exact) mass is 376 g/mol. The Balaban J connectivity index is 1.58. The summed E-state index contributed by atoms with van der Waals surface area (Å²) < 4.78 is 5.55. The van der Waals surface area contributed by atoms with Gasteiger partial charge in [0.25, 0.3) is 0 Å². The summed E-state index contributed by atoms with van der Waals surface area (Å²) in [6, 6.07) is 17.4. The van der Waals surface area contributed by atoms with E-state index in [1.807, 2.05) is 25.7 Å². The zero-order valence-corrected chi connectivity index (χ0v) is 16.9. The molecular formula is C24H28N2O2. The third-order valence-electron chi connectivity index (χ3n) is 5.35. The molecule has 1 aliphatic heterocycles. The van der Waals surface area contributed by atoms with Crippen molar-refractivity contribution in [2.24, 2.45) is 0 Å². The zero-order chi connectivity index (χ0) is 19.7. The molecule has 0 saturated carbocycles. The molecule has 0 aromatic heterocycles. The first kappa shape index (κ1) is 18.8. The van der Waals surface area contributed by atoms with Crippen molar-refractivity contribution < 1.29 is 9.53 Å². The Labute approximate surface area is 167 Å². The molecule has 28 heavy (non-hydrogen) atoms. The highest BCUT2D eigenvalue weighted by Gasteiger charge is 2.32. The van der Waals surface area contributed by atoms with Crippen molar-refractivity contribution in [1.29, 1.82) is 0 Å². The number of amides is 1. The fourth-order valence-electron chi connectivity index (χ4n) is 4.05. The van der Waals surface area contributed by atoms with Crippen LogP contribution in [0.4, 0.5) is 4.79 Å². The molecule has 1 saturated heterocycles. The molecular weight excluding hydrogens is 348 g/mol. The van der Waals surface area contributed by atoms with Gasteiger partial charge in [-0.2, -0.15) is 0 Å². The minimum atomic E-state index is -0.459. The van der Waals surface area contributed by atoms with Gasteiger partial charge < -0.3 is 9.64 Å². The van der Waals surface area contributed by atoms with Crippen molar-refractivity contribution in [3.8, 4) is 0 Å². The van der Waals surface area contributed by atoms with E-state index in [4.69, 9.17) is 4.74 Å². The van der Waals surface area contributed by atoms with Gasteiger partial charge in [-0.3, -0.25) is 4.90 Å². The number of carbonyl (C=O) groups excluding carboxylic acids is 1. The SMILES string of the molecule is CC(C)(C)OC(=O)N1CCN(C2c3ccccc3C=Cc3ccccc32)CC1. The minimum Gasteiger partial charge on any atom is -0.444 e. The van der Waals surface area contributed by atoms with Gasteiger partial charge in [-0.25, -0.2) is 4.79 Å². The molecule has 2 aliphatic rings. The largest absolute Gasteiger partial charge is 0.444 e. The molecule has 1 amide bonds. The lowest BCUT2D eigenvalue weighted by Crippen LogP contribution is -2.51. The normalized spacial score (nSPS) is 17.6. The summed E-state index contributed by atoms with van der Waals surface area (Å²) in [7, 11) is 0. The molecule has 4 nitrogen and oxygen atoms in total. The maximum Gasteiger partial charge on any atom is 0.410 e. The van der Waals surface area contributed by atoms with Gasteiger partial charge in [0, 0.05) is 26.2 Å². The Kier molecular flexibility index (Phi) is 4.98. The summed E-state index contributed by atoms with van der Waals surface area (Å²) in [6.45, 7) is 8.75. The highest BCUT2D eigenvalue weighted by Crippen LogP contribution is 2.37. The molecule has 1 aliphatic carbocycles. The number of ether oxygens (including phenoxy) is 1. The molecule has 2 aromatic carbocycles. The van der Waals surface area contributed by atoms with Crippen LogP contribution in [0.3, 0.4) is 0 Å². The molecule has 0 unspecified atom stereocenters. The highest BCUT2D eigenvalue weighted by molar-refractivity contribution is 5.76. The molecule has 0 radical (unpaired) electrons. The van der Waals surface area contributed by atoms with Crippen LogP contribution >= 0.6 is 0 Å². The Morgan fingerprint density at radius 3 is 1.86 bits per heavy atom. The summed E-state index contributed by atoms with van der Waals surface area (Å²) in [4.78, 5) is 16.7. The van der Waals surface area contributed by atoms with Crippen LogP contribution in [0.1, 0.15) is 49.1 Å². The summed E-state index contributed by atoms with van der Waals surface area (Å²) in [5.74, 6) is 0. The second-order valence-electron chi connectivity index (χ2n) is 8.50. The minimum absolute atomic E-state index is 0.197. The topological polar surface area (TPSA) is 32.8 Å². The van der Waals surface area contributed by atoms with Gasteiger partial charge in [-0.1, -0.05) is 60.7 Å². The van der Waals surface area contributed by atoms with Crippen molar-refractivity contribution >= 4 is 18.2 Å². The van der Waals surface area contributed by atoms with Crippen LogP contribution in [0.5, 0.6) is 0 Å². The summed E-state index contributed by atoms with van der Waals surface area (Å²) >= 11 is 0. The molecule has 4 rings (SSSR count). The number of carbonyl (C=O) groups is 1. The maximum absolute atomic E-state index is 12.4. The van der Waals surface area contributed by atoms with Crippen molar-refractivity contribution in [3.05, 3.63) is 70.8 Å². The van der Waals surface area contributed by atoms with Crippen LogP contribution in [0.15, 0.2) is 48.5 Å². The summed E-state index contributed by atoms with van der Waals surface area (Å²) in [6.07, 6.45) is 4.21. The van der Waals surface area contributed by atoms with E-state index in [-0.39, 0.29) is 12.1 Å². The molecule has 0 bridgehead atoms. The van der Waals surface area contributed by atoms with Gasteiger partial charge >= 0.3 is 6.09 Å². The quantitative estimate of drug-likeness (QED) is 0.716. The van der Waals surface area contributed by atoms with Gasteiger partial charge in [0.1, 0.15) is 5.60 Å². The van der Waals surface area contributed by atoms with Gasteiger partial charge in [0.15, 0.2) is 0 Å². The molecule has 2 aromatic rings. The van der Waals surface area contributed by atoms with Crippen molar-refractivity contribution in [3.63, 3.8) is 0 Å². The van der Waals surface area contributed by atoms with Crippen LogP contribution < -0.4 is 0 Å². The number of benzene rings is 2. The van der Waals surface area contributed by atoms with Gasteiger partial charge in [-0.15, -0.1) is 0 Å². The number of hydrogen-bond donors (Lipinski definition) is 0. The lowest BCUT2D eigenvalue weighted by atomic mass is 9.92. The zero-order valence-electron chi connectivity index (χ0n) is 16.9. The van der Waals surface area contributed by atoms with Gasteiger partial charge in [0.05, 0.1) is 6.04 Å². The van der Waals surface area contributed by atoms with Crippen molar-refractivity contribution in [2.75, 3.05) is 26.2 Å². The smallest absolute Gasteiger partial charge is 0.410 e. The molecule has 0 atom stereocenters. The number of nitrogens with zero attached hydrogens (tertiary/aromatic N) is 2. The maximum atomic E-state index is 12.4. The molecule has 4 heteroatoms. The Morgan fingerprint density at radius 2 is 1.36 bits per heavy atom. The lowest BCUT2D eigenvalue weighted by Gasteiger charge is -2.40. The van der Waals surface area contributed by atoms with Gasteiger partial charge in [-0.05, 0) is 43.0 Å². The first-order valence-corrected chi connectivity index (χ1v) is 10.0. The fourth-order valence-corrected chi connectivity index (χ4v) is 4.05. The third kappa shape index (κ3) is 3.83. The first-order valence-electron chi connectivity index (χ1n) is 10.0. The standard InChI is InChI=1S/C24H28N2O2/c1-24(2,3)28-23(27)26-16-14-25(15-17-26)22-20-10-6-4-8-18(20)12-13-19-9-5-7-11-21(19)22/h4-13,22H,14-17H2,1-3H3. The highest BCUT2D eigenvalue weighted by atomic mass is 16.6. The molecule has 0 spiro atoms. The summed E-state index contributed by atoms with van der Waals surface area (Å²) in [5, 5.41) is 0.